The third kappa shape index (κ3) is 3.96. The van der Waals surface area contributed by atoms with Gasteiger partial charge < -0.3 is 10.4 Å². The molecule has 0 saturated heterocycles. The number of carboxylic acids is 1. The lowest BCUT2D eigenvalue weighted by Crippen LogP contribution is -2.44. The fourth-order valence-electron chi connectivity index (χ4n) is 2.24. The topological polar surface area (TPSA) is 66.4 Å². The average Bonchev–Trinajstić information content (AvgIpc) is 2.86. The maximum Gasteiger partial charge on any atom is 0.326 e. The number of carboxylic acid groups (broad SMARTS) is 1. The molecular weight excluding hydrogens is 317 g/mol. The molecule has 6 heteroatoms. The van der Waals surface area contributed by atoms with E-state index in [2.05, 4.69) is 5.32 Å². The lowest BCUT2D eigenvalue weighted by Gasteiger charge is -2.17. The van der Waals surface area contributed by atoms with Crippen molar-refractivity contribution in [3.63, 3.8) is 0 Å². The fraction of sp³-hybridized carbons (Fsp3) is 0.294. The SMILES string of the molecule is Cc1sc(C(=O)N[C@H](C(=O)O)C(C)C)cc1-c1ccc(F)cc1. The van der Waals surface area contributed by atoms with Crippen molar-refractivity contribution in [2.24, 2.45) is 5.92 Å². The van der Waals surface area contributed by atoms with Gasteiger partial charge in [0.1, 0.15) is 11.9 Å². The molecule has 4 nitrogen and oxygen atoms in total. The molecule has 122 valence electrons. The third-order valence-electron chi connectivity index (χ3n) is 3.52. The molecule has 0 unspecified atom stereocenters. The van der Waals surface area contributed by atoms with E-state index in [0.717, 1.165) is 16.0 Å². The second-order valence-corrected chi connectivity index (χ2v) is 6.88. The summed E-state index contributed by atoms with van der Waals surface area (Å²) in [4.78, 5) is 24.8. The van der Waals surface area contributed by atoms with Crippen LogP contribution < -0.4 is 5.32 Å². The molecular formula is C17H18FNO3S. The van der Waals surface area contributed by atoms with Crippen LogP contribution in [0.4, 0.5) is 4.39 Å². The van der Waals surface area contributed by atoms with Crippen LogP contribution in [0.2, 0.25) is 0 Å². The summed E-state index contributed by atoms with van der Waals surface area (Å²) in [5.41, 5.74) is 1.66. The Morgan fingerprint density at radius 3 is 2.35 bits per heavy atom. The first-order valence-corrected chi connectivity index (χ1v) is 8.01. The van der Waals surface area contributed by atoms with Crippen molar-refractivity contribution in [2.75, 3.05) is 0 Å². The van der Waals surface area contributed by atoms with Gasteiger partial charge in [-0.05, 0) is 42.2 Å². The van der Waals surface area contributed by atoms with Crippen molar-refractivity contribution in [1.82, 2.24) is 5.32 Å². The zero-order valence-electron chi connectivity index (χ0n) is 13.1. The summed E-state index contributed by atoms with van der Waals surface area (Å²) in [6.45, 7) is 5.35. The van der Waals surface area contributed by atoms with Gasteiger partial charge in [0.15, 0.2) is 0 Å². The van der Waals surface area contributed by atoms with Crippen molar-refractivity contribution in [2.45, 2.75) is 26.8 Å². The molecule has 1 aromatic carbocycles. The van der Waals surface area contributed by atoms with E-state index in [9.17, 15) is 14.0 Å². The van der Waals surface area contributed by atoms with Crippen LogP contribution in [0.3, 0.4) is 0 Å². The van der Waals surface area contributed by atoms with Crippen LogP contribution in [-0.4, -0.2) is 23.0 Å². The Morgan fingerprint density at radius 1 is 1.22 bits per heavy atom. The summed E-state index contributed by atoms with van der Waals surface area (Å²) in [6, 6.07) is 6.82. The number of amides is 1. The van der Waals surface area contributed by atoms with Gasteiger partial charge in [0, 0.05) is 4.88 Å². The van der Waals surface area contributed by atoms with E-state index in [0.29, 0.717) is 4.88 Å². The van der Waals surface area contributed by atoms with E-state index in [1.165, 1.54) is 23.5 Å². The number of hydrogen-bond acceptors (Lipinski definition) is 3. The molecule has 1 amide bonds. The van der Waals surface area contributed by atoms with Gasteiger partial charge in [0.25, 0.3) is 5.91 Å². The van der Waals surface area contributed by atoms with Crippen LogP contribution in [0.1, 0.15) is 28.4 Å². The van der Waals surface area contributed by atoms with Crippen molar-refractivity contribution < 1.29 is 19.1 Å². The molecule has 0 aliphatic rings. The van der Waals surface area contributed by atoms with Gasteiger partial charge in [-0.15, -0.1) is 11.3 Å². The van der Waals surface area contributed by atoms with Crippen molar-refractivity contribution in [3.05, 3.63) is 45.9 Å². The normalized spacial score (nSPS) is 12.2. The van der Waals surface area contributed by atoms with E-state index in [-0.39, 0.29) is 11.7 Å². The van der Waals surface area contributed by atoms with E-state index in [4.69, 9.17) is 5.11 Å². The van der Waals surface area contributed by atoms with E-state index >= 15 is 0 Å². The van der Waals surface area contributed by atoms with Gasteiger partial charge in [-0.3, -0.25) is 4.79 Å². The molecule has 0 aliphatic heterocycles. The first-order valence-electron chi connectivity index (χ1n) is 7.19. The standard InChI is InChI=1S/C17H18FNO3S/c1-9(2)15(17(21)22)19-16(20)14-8-13(10(3)23-14)11-4-6-12(18)7-5-11/h4-9,15H,1-3H3,(H,19,20)(H,21,22)/t15-/m0/s1. The number of carbonyl (C=O) groups is 2. The molecule has 0 spiro atoms. The summed E-state index contributed by atoms with van der Waals surface area (Å²) < 4.78 is 13.0. The van der Waals surface area contributed by atoms with Gasteiger partial charge >= 0.3 is 5.97 Å². The highest BCUT2D eigenvalue weighted by molar-refractivity contribution is 7.14. The second-order valence-electron chi connectivity index (χ2n) is 5.62. The smallest absolute Gasteiger partial charge is 0.326 e. The molecule has 0 radical (unpaired) electrons. The fourth-order valence-corrected chi connectivity index (χ4v) is 3.18. The van der Waals surface area contributed by atoms with E-state index in [1.54, 1.807) is 32.0 Å². The number of thiophene rings is 1. The van der Waals surface area contributed by atoms with E-state index in [1.807, 2.05) is 6.92 Å². The van der Waals surface area contributed by atoms with Crippen LogP contribution in [0.15, 0.2) is 30.3 Å². The Bertz CT molecular complexity index is 722. The second kappa shape index (κ2) is 6.91. The van der Waals surface area contributed by atoms with Crippen molar-refractivity contribution in [1.29, 1.82) is 0 Å². The van der Waals surface area contributed by atoms with Crippen LogP contribution in [0.5, 0.6) is 0 Å². The minimum atomic E-state index is -1.06. The maximum atomic E-state index is 13.0. The van der Waals surface area contributed by atoms with Gasteiger partial charge in [-0.25, -0.2) is 9.18 Å². The number of carbonyl (C=O) groups excluding carboxylic acids is 1. The molecule has 2 rings (SSSR count). The largest absolute Gasteiger partial charge is 0.480 e. The number of hydrogen-bond donors (Lipinski definition) is 2. The monoisotopic (exact) mass is 335 g/mol. The Labute approximate surface area is 138 Å². The van der Waals surface area contributed by atoms with E-state index < -0.39 is 17.9 Å². The number of rotatable bonds is 5. The third-order valence-corrected chi connectivity index (χ3v) is 4.57. The summed E-state index contributed by atoms with van der Waals surface area (Å²) >= 11 is 1.29. The highest BCUT2D eigenvalue weighted by atomic mass is 32.1. The number of halogens is 1. The summed E-state index contributed by atoms with van der Waals surface area (Å²) in [5, 5.41) is 11.7. The Balaban J connectivity index is 2.24. The number of nitrogens with one attached hydrogen (secondary N) is 1. The number of aliphatic carboxylic acids is 1. The number of benzene rings is 1. The highest BCUT2D eigenvalue weighted by Gasteiger charge is 2.25. The Morgan fingerprint density at radius 2 is 1.83 bits per heavy atom. The van der Waals surface area contributed by atoms with Crippen LogP contribution in [0, 0.1) is 18.7 Å². The summed E-state index contributed by atoms with van der Waals surface area (Å²) in [5.74, 6) is -2.00. The van der Waals surface area contributed by atoms with Gasteiger partial charge in [0.2, 0.25) is 0 Å². The highest BCUT2D eigenvalue weighted by Crippen LogP contribution is 2.31. The predicted molar refractivity (Wildman–Crippen MR) is 88.2 cm³/mol. The number of aryl methyl sites for hydroxylation is 1. The maximum absolute atomic E-state index is 13.0. The molecule has 0 fully saturated rings. The molecule has 2 N–H and O–H groups in total. The molecule has 1 heterocycles. The first-order chi connectivity index (χ1) is 10.8. The molecule has 0 saturated carbocycles. The molecule has 0 aliphatic carbocycles. The molecule has 0 bridgehead atoms. The summed E-state index contributed by atoms with van der Waals surface area (Å²) in [6.07, 6.45) is 0. The lowest BCUT2D eigenvalue weighted by atomic mass is 10.0. The van der Waals surface area contributed by atoms with Crippen molar-refractivity contribution in [3.8, 4) is 11.1 Å². The Kier molecular flexibility index (Phi) is 5.15. The van der Waals surface area contributed by atoms with Gasteiger partial charge in [-0.2, -0.15) is 0 Å². The summed E-state index contributed by atoms with van der Waals surface area (Å²) in [7, 11) is 0. The first kappa shape index (κ1) is 17.1. The predicted octanol–water partition coefficient (Wildman–Crippen LogP) is 3.70. The van der Waals surface area contributed by atoms with Crippen LogP contribution in [0.25, 0.3) is 11.1 Å². The molecule has 2 aromatic rings. The Hall–Kier alpha value is -2.21. The lowest BCUT2D eigenvalue weighted by molar-refractivity contribution is -0.140. The zero-order chi connectivity index (χ0) is 17.1. The minimum absolute atomic E-state index is 0.214. The van der Waals surface area contributed by atoms with Crippen LogP contribution in [-0.2, 0) is 4.79 Å². The average molecular weight is 335 g/mol. The zero-order valence-corrected chi connectivity index (χ0v) is 13.9. The van der Waals surface area contributed by atoms with Crippen LogP contribution >= 0.6 is 11.3 Å². The quantitative estimate of drug-likeness (QED) is 0.875. The minimum Gasteiger partial charge on any atom is -0.480 e. The molecule has 1 atom stereocenters. The van der Waals surface area contributed by atoms with Gasteiger partial charge in [-0.1, -0.05) is 26.0 Å². The van der Waals surface area contributed by atoms with Crippen molar-refractivity contribution >= 4 is 23.2 Å². The van der Waals surface area contributed by atoms with Gasteiger partial charge in [0.05, 0.1) is 4.88 Å². The molecule has 23 heavy (non-hydrogen) atoms. The molecule has 1 aromatic heterocycles.